The summed E-state index contributed by atoms with van der Waals surface area (Å²) < 4.78 is 51.0. The summed E-state index contributed by atoms with van der Waals surface area (Å²) in [5.74, 6) is 0.429. The molecule has 1 aromatic heterocycles. The molecule has 1 aliphatic heterocycles. The largest absolute Gasteiger partial charge is 0.476 e. The van der Waals surface area contributed by atoms with Gasteiger partial charge < -0.3 is 9.15 Å². The van der Waals surface area contributed by atoms with Crippen molar-refractivity contribution in [2.24, 2.45) is 0 Å². The Morgan fingerprint density at radius 1 is 1.03 bits per heavy atom. The molecule has 0 unspecified atom stereocenters. The Morgan fingerprint density at radius 2 is 1.77 bits per heavy atom. The van der Waals surface area contributed by atoms with Gasteiger partial charge in [-0.3, -0.25) is 4.90 Å². The Hall–Kier alpha value is -3.29. The standard InChI is InChI=1S/C27H21ClF3NO3/c1-16-20-12-23(28)25-22(24(20)35-26(33)21(16)11-17-6-3-2-4-7-17)14-32(15-34-25)13-18-8-5-9-19(10-18)27(29,30)31/h2-10,12H,11,13-15H2,1H3. The second-order valence-electron chi connectivity index (χ2n) is 8.66. The topological polar surface area (TPSA) is 42.7 Å². The van der Waals surface area contributed by atoms with Crippen molar-refractivity contribution in [2.75, 3.05) is 6.73 Å². The maximum atomic E-state index is 13.1. The molecule has 0 atom stereocenters. The van der Waals surface area contributed by atoms with E-state index in [2.05, 4.69) is 0 Å². The van der Waals surface area contributed by atoms with Gasteiger partial charge in [-0.05, 0) is 35.7 Å². The maximum Gasteiger partial charge on any atom is 0.416 e. The number of aryl methyl sites for hydroxylation is 1. The zero-order valence-electron chi connectivity index (χ0n) is 18.8. The summed E-state index contributed by atoms with van der Waals surface area (Å²) in [6.07, 6.45) is -3.99. The van der Waals surface area contributed by atoms with Crippen molar-refractivity contribution < 1.29 is 22.3 Å². The van der Waals surface area contributed by atoms with Crippen LogP contribution in [0.4, 0.5) is 13.2 Å². The third-order valence-electron chi connectivity index (χ3n) is 6.24. The minimum atomic E-state index is -4.41. The summed E-state index contributed by atoms with van der Waals surface area (Å²) in [5, 5.41) is 1.11. The fourth-order valence-electron chi connectivity index (χ4n) is 4.47. The average molecular weight is 500 g/mol. The van der Waals surface area contributed by atoms with Crippen molar-refractivity contribution in [3.63, 3.8) is 0 Å². The van der Waals surface area contributed by atoms with Gasteiger partial charge in [-0.15, -0.1) is 0 Å². The van der Waals surface area contributed by atoms with E-state index < -0.39 is 17.4 Å². The van der Waals surface area contributed by atoms with Crippen LogP contribution in [0.5, 0.6) is 5.75 Å². The lowest BCUT2D eigenvalue weighted by molar-refractivity contribution is -0.137. The number of hydrogen-bond donors (Lipinski definition) is 0. The first-order valence-corrected chi connectivity index (χ1v) is 11.4. The molecular formula is C27H21ClF3NO3. The van der Waals surface area contributed by atoms with Crippen molar-refractivity contribution in [1.82, 2.24) is 4.90 Å². The summed E-state index contributed by atoms with van der Waals surface area (Å²) in [4.78, 5) is 14.8. The van der Waals surface area contributed by atoms with Crippen LogP contribution >= 0.6 is 11.6 Å². The molecule has 0 saturated heterocycles. The van der Waals surface area contributed by atoms with E-state index in [9.17, 15) is 18.0 Å². The van der Waals surface area contributed by atoms with Gasteiger partial charge in [0.2, 0.25) is 0 Å². The predicted octanol–water partition coefficient (Wildman–Crippen LogP) is 6.72. The van der Waals surface area contributed by atoms with Gasteiger partial charge in [0, 0.05) is 30.5 Å². The number of halogens is 4. The fourth-order valence-corrected chi connectivity index (χ4v) is 4.75. The van der Waals surface area contributed by atoms with Crippen LogP contribution in [0, 0.1) is 6.92 Å². The third kappa shape index (κ3) is 4.66. The van der Waals surface area contributed by atoms with Gasteiger partial charge in [-0.2, -0.15) is 13.2 Å². The van der Waals surface area contributed by atoms with E-state index in [1.54, 1.807) is 12.1 Å². The first-order chi connectivity index (χ1) is 16.7. The highest BCUT2D eigenvalue weighted by molar-refractivity contribution is 6.33. The van der Waals surface area contributed by atoms with Gasteiger partial charge in [0.15, 0.2) is 0 Å². The molecule has 4 aromatic rings. The van der Waals surface area contributed by atoms with E-state index in [1.807, 2.05) is 42.2 Å². The zero-order chi connectivity index (χ0) is 24.7. The molecule has 8 heteroatoms. The first kappa shape index (κ1) is 23.5. The van der Waals surface area contributed by atoms with Gasteiger partial charge in [0.25, 0.3) is 0 Å². The smallest absolute Gasteiger partial charge is 0.416 e. The minimum Gasteiger partial charge on any atom is -0.476 e. The Bertz CT molecular complexity index is 1460. The Morgan fingerprint density at radius 3 is 2.51 bits per heavy atom. The molecule has 0 aliphatic carbocycles. The normalized spacial score (nSPS) is 14.1. The average Bonchev–Trinajstić information content (AvgIpc) is 2.83. The number of hydrogen-bond acceptors (Lipinski definition) is 4. The number of fused-ring (bicyclic) bond motifs is 3. The molecule has 3 aromatic carbocycles. The summed E-state index contributed by atoms with van der Waals surface area (Å²) in [5.41, 5.74) is 2.68. The predicted molar refractivity (Wildman–Crippen MR) is 128 cm³/mol. The minimum absolute atomic E-state index is 0.143. The van der Waals surface area contributed by atoms with Gasteiger partial charge in [-0.1, -0.05) is 60.1 Å². The summed E-state index contributed by atoms with van der Waals surface area (Å²) in [6.45, 7) is 2.55. The van der Waals surface area contributed by atoms with Crippen molar-refractivity contribution >= 4 is 22.6 Å². The van der Waals surface area contributed by atoms with Crippen LogP contribution in [-0.2, 0) is 25.7 Å². The Labute approximate surface area is 204 Å². The molecule has 0 fully saturated rings. The van der Waals surface area contributed by atoms with Gasteiger partial charge >= 0.3 is 11.8 Å². The molecule has 0 radical (unpaired) electrons. The first-order valence-electron chi connectivity index (χ1n) is 11.0. The van der Waals surface area contributed by atoms with Crippen molar-refractivity contribution in [1.29, 1.82) is 0 Å². The van der Waals surface area contributed by atoms with Crippen LogP contribution < -0.4 is 10.4 Å². The molecule has 35 heavy (non-hydrogen) atoms. The lowest BCUT2D eigenvalue weighted by atomic mass is 9.97. The Kier molecular flexibility index (Phi) is 6.07. The van der Waals surface area contributed by atoms with Crippen molar-refractivity contribution in [3.05, 3.63) is 109 Å². The van der Waals surface area contributed by atoms with Crippen LogP contribution in [0.2, 0.25) is 5.02 Å². The fraction of sp³-hybridized carbons (Fsp3) is 0.222. The molecule has 0 amide bonds. The number of ether oxygens (including phenoxy) is 1. The molecule has 0 spiro atoms. The van der Waals surface area contributed by atoms with Crippen LogP contribution in [0.3, 0.4) is 0 Å². The highest BCUT2D eigenvalue weighted by Crippen LogP contribution is 2.40. The second kappa shape index (κ2) is 9.06. The highest BCUT2D eigenvalue weighted by atomic mass is 35.5. The van der Waals surface area contributed by atoms with Crippen molar-refractivity contribution in [3.8, 4) is 5.75 Å². The lowest BCUT2D eigenvalue weighted by Gasteiger charge is -2.30. The van der Waals surface area contributed by atoms with Crippen molar-refractivity contribution in [2.45, 2.75) is 32.6 Å². The number of alkyl halides is 3. The van der Waals surface area contributed by atoms with E-state index >= 15 is 0 Å². The van der Waals surface area contributed by atoms with Crippen LogP contribution in [0.1, 0.15) is 33.4 Å². The molecule has 5 rings (SSSR count). The highest BCUT2D eigenvalue weighted by Gasteiger charge is 2.31. The maximum absolute atomic E-state index is 13.1. The molecule has 0 bridgehead atoms. The molecule has 180 valence electrons. The Balaban J connectivity index is 1.50. The van der Waals surface area contributed by atoms with Crippen LogP contribution in [-0.4, -0.2) is 11.6 Å². The SMILES string of the molecule is Cc1c(Cc2ccccc2)c(=O)oc2c3c(c(Cl)cc12)OCN(Cc1cccc(C(F)(F)F)c1)C3. The quantitative estimate of drug-likeness (QED) is 0.292. The number of rotatable bonds is 4. The number of nitrogens with zero attached hydrogens (tertiary/aromatic N) is 1. The van der Waals surface area contributed by atoms with Gasteiger partial charge in [0.1, 0.15) is 18.1 Å². The van der Waals surface area contributed by atoms with Gasteiger partial charge in [-0.25, -0.2) is 4.79 Å². The molecule has 4 nitrogen and oxygen atoms in total. The number of benzene rings is 3. The van der Waals surface area contributed by atoms with E-state index in [-0.39, 0.29) is 13.3 Å². The monoisotopic (exact) mass is 499 g/mol. The lowest BCUT2D eigenvalue weighted by Crippen LogP contribution is -2.32. The summed E-state index contributed by atoms with van der Waals surface area (Å²) >= 11 is 6.54. The molecule has 0 saturated carbocycles. The van der Waals surface area contributed by atoms with E-state index in [0.29, 0.717) is 51.4 Å². The zero-order valence-corrected chi connectivity index (χ0v) is 19.5. The summed E-state index contributed by atoms with van der Waals surface area (Å²) in [6, 6.07) is 16.6. The van der Waals surface area contributed by atoms with Crippen LogP contribution in [0.15, 0.2) is 69.9 Å². The molecule has 2 heterocycles. The third-order valence-corrected chi connectivity index (χ3v) is 6.52. The second-order valence-corrected chi connectivity index (χ2v) is 9.06. The molecule has 1 aliphatic rings. The van der Waals surface area contributed by atoms with Crippen LogP contribution in [0.25, 0.3) is 11.0 Å². The molecule has 0 N–H and O–H groups in total. The van der Waals surface area contributed by atoms with E-state index in [1.165, 1.54) is 6.07 Å². The van der Waals surface area contributed by atoms with E-state index in [4.69, 9.17) is 20.8 Å². The molecular weight excluding hydrogens is 479 g/mol. The van der Waals surface area contributed by atoms with E-state index in [0.717, 1.165) is 23.3 Å². The van der Waals surface area contributed by atoms with Gasteiger partial charge in [0.05, 0.1) is 16.1 Å². The summed E-state index contributed by atoms with van der Waals surface area (Å²) in [7, 11) is 0.